The fourth-order valence-electron chi connectivity index (χ4n) is 1.37. The number of likely N-dealkylation sites (tertiary alicyclic amines) is 1. The number of terminal acetylenes is 2. The van der Waals surface area contributed by atoms with Crippen LogP contribution in [0.1, 0.15) is 46.5 Å². The lowest BCUT2D eigenvalue weighted by molar-refractivity contribution is -0.131. The van der Waals surface area contributed by atoms with E-state index in [1.807, 2.05) is 25.7 Å². The molecule has 0 aliphatic carbocycles. The zero-order chi connectivity index (χ0) is 13.4. The summed E-state index contributed by atoms with van der Waals surface area (Å²) in [5.41, 5.74) is 0. The van der Waals surface area contributed by atoms with Gasteiger partial charge >= 0.3 is 0 Å². The van der Waals surface area contributed by atoms with E-state index in [0.717, 1.165) is 13.1 Å². The van der Waals surface area contributed by atoms with Crippen LogP contribution in [0, 0.1) is 25.7 Å². The van der Waals surface area contributed by atoms with Crippen molar-refractivity contribution in [3.05, 3.63) is 0 Å². The summed E-state index contributed by atoms with van der Waals surface area (Å²) in [6.07, 6.45) is 20.4. The summed E-state index contributed by atoms with van der Waals surface area (Å²) < 4.78 is 0. The summed E-state index contributed by atoms with van der Waals surface area (Å²) in [5, 5.41) is 0. The normalized spacial score (nSPS) is 12.6. The lowest BCUT2D eigenvalue weighted by Gasteiger charge is -2.26. The number of hydrogen-bond acceptors (Lipinski definition) is 1. The van der Waals surface area contributed by atoms with Gasteiger partial charge in [0.15, 0.2) is 0 Å². The molecule has 16 heavy (non-hydrogen) atoms. The average molecular weight is 223 g/mol. The first kappa shape index (κ1) is 20.1. The van der Waals surface area contributed by atoms with Crippen molar-refractivity contribution in [3.8, 4) is 25.7 Å². The molecule has 2 heteroatoms. The van der Waals surface area contributed by atoms with E-state index in [0.29, 0.717) is 12.3 Å². The van der Waals surface area contributed by atoms with Crippen molar-refractivity contribution < 1.29 is 4.79 Å². The Morgan fingerprint density at radius 3 is 1.69 bits per heavy atom. The second-order valence-corrected chi connectivity index (χ2v) is 2.80. The smallest absolute Gasteiger partial charge is 0.222 e. The van der Waals surface area contributed by atoms with E-state index in [1.54, 1.807) is 0 Å². The summed E-state index contributed by atoms with van der Waals surface area (Å²) >= 11 is 0. The molecule has 0 radical (unpaired) electrons. The molecule has 2 nitrogen and oxygen atoms in total. The molecule has 1 amide bonds. The highest BCUT2D eigenvalue weighted by Crippen LogP contribution is 2.09. The number of piperidine rings is 1. The number of amides is 1. The van der Waals surface area contributed by atoms with Crippen LogP contribution in [0.5, 0.6) is 0 Å². The first-order valence-electron chi connectivity index (χ1n) is 5.79. The van der Waals surface area contributed by atoms with Crippen LogP contribution < -0.4 is 0 Å². The zero-order valence-electron chi connectivity index (χ0n) is 10.9. The number of nitrogens with zero attached hydrogens (tertiary/aromatic N) is 1. The van der Waals surface area contributed by atoms with Crippen LogP contribution in [0.2, 0.25) is 0 Å². The van der Waals surface area contributed by atoms with Crippen molar-refractivity contribution in [2.24, 2.45) is 0 Å². The van der Waals surface area contributed by atoms with Gasteiger partial charge in [0, 0.05) is 19.5 Å². The van der Waals surface area contributed by atoms with Gasteiger partial charge in [-0.25, -0.2) is 0 Å². The molecule has 0 aromatic carbocycles. The highest BCUT2D eigenvalue weighted by atomic mass is 16.2. The second-order valence-electron chi connectivity index (χ2n) is 2.80. The minimum absolute atomic E-state index is 0.319. The van der Waals surface area contributed by atoms with Crippen LogP contribution in [0.4, 0.5) is 0 Å². The standard InChI is InChI=1S/C8H15NO.C2H6.2C2H2/c1-2-8(10)9-6-4-3-5-7-9;3*1-2/h2-7H2,1H3;1-2H3;2*1-2H. The lowest BCUT2D eigenvalue weighted by atomic mass is 10.1. The second kappa shape index (κ2) is 19.2. The van der Waals surface area contributed by atoms with E-state index in [9.17, 15) is 4.79 Å². The zero-order valence-corrected chi connectivity index (χ0v) is 10.9. The maximum atomic E-state index is 11.1. The highest BCUT2D eigenvalue weighted by molar-refractivity contribution is 5.75. The Morgan fingerprint density at radius 2 is 1.38 bits per heavy atom. The van der Waals surface area contributed by atoms with Gasteiger partial charge in [0.2, 0.25) is 5.91 Å². The van der Waals surface area contributed by atoms with Crippen molar-refractivity contribution in [1.82, 2.24) is 4.90 Å². The topological polar surface area (TPSA) is 20.3 Å². The molecule has 0 unspecified atom stereocenters. The SMILES string of the molecule is C#C.C#C.CC.CCC(=O)N1CCCCC1. The molecule has 0 aromatic heterocycles. The van der Waals surface area contributed by atoms with Crippen molar-refractivity contribution in [1.29, 1.82) is 0 Å². The van der Waals surface area contributed by atoms with Crippen molar-refractivity contribution in [3.63, 3.8) is 0 Å². The van der Waals surface area contributed by atoms with Gasteiger partial charge in [0.25, 0.3) is 0 Å². The molecule has 0 atom stereocenters. The van der Waals surface area contributed by atoms with Crippen LogP contribution in [-0.2, 0) is 4.79 Å². The largest absolute Gasteiger partial charge is 0.343 e. The molecular weight excluding hydrogens is 198 g/mol. The maximum Gasteiger partial charge on any atom is 0.222 e. The monoisotopic (exact) mass is 223 g/mol. The summed E-state index contributed by atoms with van der Waals surface area (Å²) in [6, 6.07) is 0. The Kier molecular flexibility index (Phi) is 24.1. The number of carbonyl (C=O) groups excluding carboxylic acids is 1. The Bertz CT molecular complexity index is 170. The van der Waals surface area contributed by atoms with Crippen molar-refractivity contribution in [2.45, 2.75) is 46.5 Å². The molecule has 1 saturated heterocycles. The molecule has 0 saturated carbocycles. The molecule has 1 heterocycles. The Balaban J connectivity index is -0.000000245. The molecule has 0 N–H and O–H groups in total. The molecule has 0 bridgehead atoms. The van der Waals surface area contributed by atoms with Gasteiger partial charge in [0.05, 0.1) is 0 Å². The molecule has 1 aliphatic rings. The van der Waals surface area contributed by atoms with E-state index in [-0.39, 0.29) is 0 Å². The Labute approximate surface area is 101 Å². The van der Waals surface area contributed by atoms with E-state index in [2.05, 4.69) is 25.7 Å². The van der Waals surface area contributed by atoms with Gasteiger partial charge < -0.3 is 4.90 Å². The summed E-state index contributed by atoms with van der Waals surface area (Å²) in [7, 11) is 0. The fourth-order valence-corrected chi connectivity index (χ4v) is 1.37. The molecule has 92 valence electrons. The predicted molar refractivity (Wildman–Crippen MR) is 71.9 cm³/mol. The number of rotatable bonds is 1. The summed E-state index contributed by atoms with van der Waals surface area (Å²) in [6.45, 7) is 7.91. The van der Waals surface area contributed by atoms with Crippen molar-refractivity contribution >= 4 is 5.91 Å². The molecule has 1 aliphatic heterocycles. The quantitative estimate of drug-likeness (QED) is 0.626. The molecule has 1 rings (SSSR count). The molecule has 0 spiro atoms. The first-order valence-corrected chi connectivity index (χ1v) is 5.79. The number of carbonyl (C=O) groups is 1. The summed E-state index contributed by atoms with van der Waals surface area (Å²) in [4.78, 5) is 13.1. The minimum Gasteiger partial charge on any atom is -0.343 e. The third kappa shape index (κ3) is 10.7. The van der Waals surface area contributed by atoms with Crippen LogP contribution >= 0.6 is 0 Å². The maximum absolute atomic E-state index is 11.1. The third-order valence-electron chi connectivity index (χ3n) is 2.01. The van der Waals surface area contributed by atoms with Gasteiger partial charge in [-0.2, -0.15) is 0 Å². The van der Waals surface area contributed by atoms with E-state index < -0.39 is 0 Å². The Morgan fingerprint density at radius 1 is 1.00 bits per heavy atom. The van der Waals surface area contributed by atoms with Crippen LogP contribution in [0.15, 0.2) is 0 Å². The van der Waals surface area contributed by atoms with Crippen LogP contribution in [-0.4, -0.2) is 23.9 Å². The highest BCUT2D eigenvalue weighted by Gasteiger charge is 2.13. The van der Waals surface area contributed by atoms with Gasteiger partial charge in [-0.3, -0.25) is 4.79 Å². The van der Waals surface area contributed by atoms with Gasteiger partial charge in [0.1, 0.15) is 0 Å². The van der Waals surface area contributed by atoms with Gasteiger partial charge in [-0.05, 0) is 19.3 Å². The fraction of sp³-hybridized carbons (Fsp3) is 0.643. The lowest BCUT2D eigenvalue weighted by Crippen LogP contribution is -2.34. The number of hydrogen-bond donors (Lipinski definition) is 0. The summed E-state index contributed by atoms with van der Waals surface area (Å²) in [5.74, 6) is 0.319. The van der Waals surface area contributed by atoms with E-state index >= 15 is 0 Å². The molecule has 0 aromatic rings. The molecular formula is C14H25NO. The van der Waals surface area contributed by atoms with E-state index in [1.165, 1.54) is 19.3 Å². The Hall–Kier alpha value is -1.41. The van der Waals surface area contributed by atoms with E-state index in [4.69, 9.17) is 0 Å². The molecule has 1 fully saturated rings. The van der Waals surface area contributed by atoms with Crippen LogP contribution in [0.25, 0.3) is 0 Å². The van der Waals surface area contributed by atoms with Crippen LogP contribution in [0.3, 0.4) is 0 Å². The third-order valence-corrected chi connectivity index (χ3v) is 2.01. The average Bonchev–Trinajstić information content (AvgIpc) is 2.45. The van der Waals surface area contributed by atoms with Gasteiger partial charge in [-0.1, -0.05) is 20.8 Å². The van der Waals surface area contributed by atoms with Crippen molar-refractivity contribution in [2.75, 3.05) is 13.1 Å². The first-order chi connectivity index (χ1) is 7.84. The van der Waals surface area contributed by atoms with Gasteiger partial charge in [-0.15, -0.1) is 25.7 Å². The minimum atomic E-state index is 0.319. The predicted octanol–water partition coefficient (Wildman–Crippen LogP) is 2.93.